The van der Waals surface area contributed by atoms with Crippen LogP contribution in [0.15, 0.2) is 30.6 Å². The Hall–Kier alpha value is -2.67. The molecule has 2 atom stereocenters. The number of nitrogens with one attached hydrogen (secondary N) is 3. The summed E-state index contributed by atoms with van der Waals surface area (Å²) in [6.45, 7) is 7.87. The maximum Gasteiger partial charge on any atom is 0.324 e. The van der Waals surface area contributed by atoms with E-state index in [1.165, 1.54) is 6.20 Å². The minimum absolute atomic E-state index is 0.0688. The van der Waals surface area contributed by atoms with Crippen LogP contribution in [0.25, 0.3) is 0 Å². The molecular formula is C19H25N5O2. The molecule has 1 saturated heterocycles. The first kappa shape index (κ1) is 18.1. The maximum absolute atomic E-state index is 12.3. The monoisotopic (exact) mass is 355 g/mol. The Balaban J connectivity index is 1.68. The van der Waals surface area contributed by atoms with Crippen molar-refractivity contribution in [2.45, 2.75) is 33.3 Å². The molecule has 1 fully saturated rings. The van der Waals surface area contributed by atoms with Crippen molar-refractivity contribution in [3.8, 4) is 5.75 Å². The van der Waals surface area contributed by atoms with Crippen molar-refractivity contribution < 1.29 is 9.53 Å². The highest BCUT2D eigenvalue weighted by Gasteiger charge is 2.23. The number of hydrogen-bond donors (Lipinski definition) is 3. The van der Waals surface area contributed by atoms with E-state index in [4.69, 9.17) is 4.74 Å². The summed E-state index contributed by atoms with van der Waals surface area (Å²) in [5, 5.41) is 8.89. The summed E-state index contributed by atoms with van der Waals surface area (Å²) < 4.78 is 6.14. The number of nitrogens with zero attached hydrogens (tertiary/aromatic N) is 2. The van der Waals surface area contributed by atoms with Gasteiger partial charge in [-0.15, -0.1) is 0 Å². The van der Waals surface area contributed by atoms with Crippen molar-refractivity contribution in [3.63, 3.8) is 0 Å². The van der Waals surface area contributed by atoms with Gasteiger partial charge in [0.1, 0.15) is 11.9 Å². The van der Waals surface area contributed by atoms with Crippen LogP contribution in [0.1, 0.15) is 24.6 Å². The van der Waals surface area contributed by atoms with Gasteiger partial charge in [-0.2, -0.15) is 0 Å². The van der Waals surface area contributed by atoms with Crippen LogP contribution in [-0.2, 0) is 0 Å². The molecule has 0 radical (unpaired) electrons. The van der Waals surface area contributed by atoms with E-state index in [0.717, 1.165) is 30.8 Å². The summed E-state index contributed by atoms with van der Waals surface area (Å²) >= 11 is 0. The van der Waals surface area contributed by atoms with Crippen LogP contribution in [-0.4, -0.2) is 35.2 Å². The second-order valence-corrected chi connectivity index (χ2v) is 6.70. The molecule has 0 aliphatic carbocycles. The Morgan fingerprint density at radius 2 is 2.12 bits per heavy atom. The van der Waals surface area contributed by atoms with Gasteiger partial charge in [0.2, 0.25) is 0 Å². The molecule has 3 rings (SSSR count). The number of ether oxygens (including phenoxy) is 1. The first-order valence-corrected chi connectivity index (χ1v) is 8.86. The molecule has 2 unspecified atom stereocenters. The lowest BCUT2D eigenvalue weighted by atomic mass is 10.0. The number of rotatable bonds is 5. The van der Waals surface area contributed by atoms with Gasteiger partial charge in [-0.05, 0) is 51.4 Å². The number of anilines is 2. The quantitative estimate of drug-likeness (QED) is 0.767. The van der Waals surface area contributed by atoms with E-state index in [1.54, 1.807) is 6.20 Å². The molecule has 7 heteroatoms. The van der Waals surface area contributed by atoms with Crippen LogP contribution in [0.2, 0.25) is 0 Å². The average Bonchev–Trinajstić information content (AvgIpc) is 3.14. The largest absolute Gasteiger partial charge is 0.488 e. The van der Waals surface area contributed by atoms with Crippen molar-refractivity contribution >= 4 is 17.5 Å². The van der Waals surface area contributed by atoms with Gasteiger partial charge in [-0.3, -0.25) is 10.3 Å². The van der Waals surface area contributed by atoms with Crippen LogP contribution in [0.3, 0.4) is 0 Å². The third-order valence-corrected chi connectivity index (χ3v) is 4.48. The molecule has 1 aliphatic heterocycles. The molecule has 26 heavy (non-hydrogen) atoms. The summed E-state index contributed by atoms with van der Waals surface area (Å²) in [6, 6.07) is 5.39. The zero-order valence-corrected chi connectivity index (χ0v) is 15.4. The van der Waals surface area contributed by atoms with E-state index in [0.29, 0.717) is 23.2 Å². The lowest BCUT2D eigenvalue weighted by Crippen LogP contribution is -2.26. The molecule has 0 saturated carbocycles. The molecular weight excluding hydrogens is 330 g/mol. The van der Waals surface area contributed by atoms with E-state index < -0.39 is 0 Å². The molecule has 7 nitrogen and oxygen atoms in total. The molecule has 3 N–H and O–H groups in total. The molecule has 2 aromatic rings. The van der Waals surface area contributed by atoms with Gasteiger partial charge in [0.05, 0.1) is 23.8 Å². The smallest absolute Gasteiger partial charge is 0.324 e. The van der Waals surface area contributed by atoms with Gasteiger partial charge in [0.25, 0.3) is 0 Å². The van der Waals surface area contributed by atoms with Crippen LogP contribution in [0, 0.1) is 19.8 Å². The zero-order chi connectivity index (χ0) is 18.5. The van der Waals surface area contributed by atoms with E-state index >= 15 is 0 Å². The predicted octanol–water partition coefficient (Wildman–Crippen LogP) is 3.11. The maximum atomic E-state index is 12.3. The Bertz CT molecular complexity index is 757. The molecule has 1 aromatic heterocycles. The normalized spacial score (nSPS) is 17.6. The highest BCUT2D eigenvalue weighted by atomic mass is 16.5. The number of aromatic nitrogens is 2. The summed E-state index contributed by atoms with van der Waals surface area (Å²) in [7, 11) is 0. The average molecular weight is 355 g/mol. The Morgan fingerprint density at radius 1 is 1.27 bits per heavy atom. The van der Waals surface area contributed by atoms with Crippen LogP contribution in [0.5, 0.6) is 5.75 Å². The van der Waals surface area contributed by atoms with Crippen molar-refractivity contribution in [2.75, 3.05) is 23.7 Å². The zero-order valence-electron chi connectivity index (χ0n) is 15.4. The fourth-order valence-corrected chi connectivity index (χ4v) is 2.95. The Labute approximate surface area is 153 Å². The first-order valence-electron chi connectivity index (χ1n) is 8.86. The molecule has 2 amide bonds. The highest BCUT2D eigenvalue weighted by molar-refractivity contribution is 6.00. The Morgan fingerprint density at radius 3 is 2.81 bits per heavy atom. The molecule has 1 aromatic carbocycles. The fourth-order valence-electron chi connectivity index (χ4n) is 2.95. The van der Waals surface area contributed by atoms with E-state index in [1.807, 2.05) is 32.0 Å². The van der Waals surface area contributed by atoms with Gasteiger partial charge in [0.15, 0.2) is 5.82 Å². The summed E-state index contributed by atoms with van der Waals surface area (Å²) in [5.74, 6) is 1.54. The lowest BCUT2D eigenvalue weighted by Gasteiger charge is -2.22. The summed E-state index contributed by atoms with van der Waals surface area (Å²) in [5.41, 5.74) is 2.47. The van der Waals surface area contributed by atoms with Gasteiger partial charge in [0, 0.05) is 12.5 Å². The molecule has 138 valence electrons. The second-order valence-electron chi connectivity index (χ2n) is 6.70. The van der Waals surface area contributed by atoms with Crippen molar-refractivity contribution in [1.82, 2.24) is 15.3 Å². The third-order valence-electron chi connectivity index (χ3n) is 4.48. The van der Waals surface area contributed by atoms with Crippen molar-refractivity contribution in [3.05, 3.63) is 41.9 Å². The van der Waals surface area contributed by atoms with Crippen molar-refractivity contribution in [2.24, 2.45) is 5.92 Å². The van der Waals surface area contributed by atoms with E-state index in [2.05, 4.69) is 32.8 Å². The number of amides is 2. The highest BCUT2D eigenvalue weighted by Crippen LogP contribution is 2.29. The number of hydrogen-bond acceptors (Lipinski definition) is 5. The van der Waals surface area contributed by atoms with E-state index in [-0.39, 0.29) is 12.1 Å². The molecule has 0 spiro atoms. The molecule has 0 bridgehead atoms. The number of urea groups is 1. The first-order chi connectivity index (χ1) is 12.5. The number of carbonyl (C=O) groups excluding carboxylic acids is 1. The minimum atomic E-state index is -0.381. The molecule has 1 aliphatic rings. The third kappa shape index (κ3) is 4.70. The predicted molar refractivity (Wildman–Crippen MR) is 102 cm³/mol. The topological polar surface area (TPSA) is 88.2 Å². The van der Waals surface area contributed by atoms with Crippen molar-refractivity contribution in [1.29, 1.82) is 0 Å². The van der Waals surface area contributed by atoms with Gasteiger partial charge in [-0.25, -0.2) is 9.78 Å². The minimum Gasteiger partial charge on any atom is -0.488 e. The van der Waals surface area contributed by atoms with Gasteiger partial charge in [-0.1, -0.05) is 6.07 Å². The van der Waals surface area contributed by atoms with E-state index in [9.17, 15) is 4.79 Å². The number of aryl methyl sites for hydroxylation is 2. The van der Waals surface area contributed by atoms with Gasteiger partial charge >= 0.3 is 6.03 Å². The van der Waals surface area contributed by atoms with Gasteiger partial charge < -0.3 is 15.4 Å². The standard InChI is InChI=1S/C19H25N5O2/c1-12-4-5-17(26-14(3)15-6-7-20-10-15)16(8-12)23-19(25)24-18-11-21-13(2)9-22-18/h4-5,8-9,11,14-15,20H,6-7,10H2,1-3H3,(H2,22,23,24,25). The Kier molecular flexibility index (Phi) is 5.68. The SMILES string of the molecule is Cc1ccc(OC(C)C2CCNC2)c(NC(=O)Nc2cnc(C)cn2)c1. The molecule has 2 heterocycles. The van der Waals surface area contributed by atoms with Crippen LogP contribution >= 0.6 is 0 Å². The summed E-state index contributed by atoms with van der Waals surface area (Å²) in [4.78, 5) is 20.6. The van der Waals surface area contributed by atoms with Crippen LogP contribution < -0.4 is 20.7 Å². The van der Waals surface area contributed by atoms with Crippen LogP contribution in [0.4, 0.5) is 16.3 Å². The fraction of sp³-hybridized carbons (Fsp3) is 0.421. The lowest BCUT2D eigenvalue weighted by molar-refractivity contribution is 0.162. The number of carbonyl (C=O) groups is 1. The number of benzene rings is 1. The second kappa shape index (κ2) is 8.14. The summed E-state index contributed by atoms with van der Waals surface area (Å²) in [6.07, 6.45) is 4.30.